The lowest BCUT2D eigenvalue weighted by Crippen LogP contribution is -2.23. The fourth-order valence-electron chi connectivity index (χ4n) is 1.76. The van der Waals surface area contributed by atoms with E-state index in [-0.39, 0.29) is 5.41 Å². The molecule has 1 unspecified atom stereocenters. The third-order valence-electron chi connectivity index (χ3n) is 2.85. The van der Waals surface area contributed by atoms with E-state index >= 15 is 0 Å². The third kappa shape index (κ3) is 4.27. The molecule has 1 heterocycles. The van der Waals surface area contributed by atoms with Crippen molar-refractivity contribution in [2.75, 3.05) is 29.7 Å². The van der Waals surface area contributed by atoms with Crippen LogP contribution in [0.1, 0.15) is 39.1 Å². The normalized spacial score (nSPS) is 13.2. The van der Waals surface area contributed by atoms with Crippen LogP contribution in [0.15, 0.2) is 0 Å². The summed E-state index contributed by atoms with van der Waals surface area (Å²) in [5.74, 6) is 3.76. The van der Waals surface area contributed by atoms with E-state index in [1.165, 1.54) is 0 Å². The summed E-state index contributed by atoms with van der Waals surface area (Å²) < 4.78 is 0. The Balaban J connectivity index is 3.15. The van der Waals surface area contributed by atoms with Gasteiger partial charge < -0.3 is 10.6 Å². The number of thioether (sulfide) groups is 1. The van der Waals surface area contributed by atoms with Crippen molar-refractivity contribution in [3.8, 4) is 0 Å². The summed E-state index contributed by atoms with van der Waals surface area (Å²) in [4.78, 5) is 9.31. The molecule has 5 heteroatoms. The van der Waals surface area contributed by atoms with Gasteiger partial charge in [-0.25, -0.2) is 9.97 Å². The highest BCUT2D eigenvalue weighted by atomic mass is 32.2. The van der Waals surface area contributed by atoms with Crippen LogP contribution in [0.5, 0.6) is 0 Å². The van der Waals surface area contributed by atoms with Gasteiger partial charge in [0, 0.05) is 29.8 Å². The lowest BCUT2D eigenvalue weighted by molar-refractivity contribution is 0.546. The van der Waals surface area contributed by atoms with Gasteiger partial charge in [-0.3, -0.25) is 0 Å². The molecule has 0 saturated heterocycles. The Morgan fingerprint density at radius 1 is 1.21 bits per heavy atom. The summed E-state index contributed by atoms with van der Waals surface area (Å²) in [5.41, 5.74) is 1.02. The lowest BCUT2D eigenvalue weighted by Gasteiger charge is -2.22. The maximum absolute atomic E-state index is 4.70. The highest BCUT2D eigenvalue weighted by Gasteiger charge is 2.21. The standard InChI is InChI=1S/C14H26N4S/c1-9(8-19-7)16-12-10(2)11(15-6)17-13(18-12)14(3,4)5/h9H,8H2,1-7H3,(H2,15,16,17,18). The first-order chi connectivity index (χ1) is 8.79. The molecule has 19 heavy (non-hydrogen) atoms. The van der Waals surface area contributed by atoms with Crippen molar-refractivity contribution < 1.29 is 0 Å². The van der Waals surface area contributed by atoms with Gasteiger partial charge in [0.25, 0.3) is 0 Å². The highest BCUT2D eigenvalue weighted by Crippen LogP contribution is 2.26. The van der Waals surface area contributed by atoms with Crippen molar-refractivity contribution in [1.29, 1.82) is 0 Å². The Morgan fingerprint density at radius 3 is 2.26 bits per heavy atom. The molecule has 0 amide bonds. The van der Waals surface area contributed by atoms with Crippen LogP contribution in [0.2, 0.25) is 0 Å². The molecule has 0 saturated carbocycles. The van der Waals surface area contributed by atoms with E-state index in [4.69, 9.17) is 4.98 Å². The molecule has 1 aromatic heterocycles. The van der Waals surface area contributed by atoms with Crippen LogP contribution >= 0.6 is 11.8 Å². The Morgan fingerprint density at radius 2 is 1.79 bits per heavy atom. The van der Waals surface area contributed by atoms with E-state index in [2.05, 4.69) is 49.6 Å². The van der Waals surface area contributed by atoms with E-state index in [0.29, 0.717) is 6.04 Å². The molecule has 0 fully saturated rings. The van der Waals surface area contributed by atoms with Gasteiger partial charge in [0.15, 0.2) is 0 Å². The number of anilines is 2. The van der Waals surface area contributed by atoms with E-state index in [1.54, 1.807) is 0 Å². The van der Waals surface area contributed by atoms with Crippen molar-refractivity contribution >= 4 is 23.4 Å². The maximum Gasteiger partial charge on any atom is 0.138 e. The fraction of sp³-hybridized carbons (Fsp3) is 0.714. The third-order valence-corrected chi connectivity index (χ3v) is 3.69. The number of rotatable bonds is 5. The average molecular weight is 282 g/mol. The Labute approximate surface area is 121 Å². The van der Waals surface area contributed by atoms with Gasteiger partial charge in [-0.05, 0) is 20.1 Å². The van der Waals surface area contributed by atoms with Gasteiger partial charge in [-0.15, -0.1) is 0 Å². The molecular weight excluding hydrogens is 256 g/mol. The molecular formula is C14H26N4S. The van der Waals surface area contributed by atoms with Gasteiger partial charge in [-0.2, -0.15) is 11.8 Å². The number of aromatic nitrogens is 2. The van der Waals surface area contributed by atoms with Gasteiger partial charge in [-0.1, -0.05) is 20.8 Å². The monoisotopic (exact) mass is 282 g/mol. The molecule has 0 spiro atoms. The number of nitrogens with zero attached hydrogens (tertiary/aromatic N) is 2. The number of hydrogen-bond donors (Lipinski definition) is 2. The van der Waals surface area contributed by atoms with Crippen LogP contribution in [-0.4, -0.2) is 35.1 Å². The van der Waals surface area contributed by atoms with E-state index in [1.807, 2.05) is 25.7 Å². The Hall–Kier alpha value is -0.970. The second-order valence-corrected chi connectivity index (χ2v) is 6.78. The van der Waals surface area contributed by atoms with Gasteiger partial charge in [0.1, 0.15) is 17.5 Å². The topological polar surface area (TPSA) is 49.8 Å². The van der Waals surface area contributed by atoms with Gasteiger partial charge in [0.05, 0.1) is 0 Å². The average Bonchev–Trinajstić information content (AvgIpc) is 2.30. The minimum Gasteiger partial charge on any atom is -0.373 e. The molecule has 0 radical (unpaired) electrons. The molecule has 0 aromatic carbocycles. The van der Waals surface area contributed by atoms with E-state index < -0.39 is 0 Å². The molecule has 108 valence electrons. The molecule has 4 nitrogen and oxygen atoms in total. The Bertz CT molecular complexity index is 426. The second kappa shape index (κ2) is 6.46. The van der Waals surface area contributed by atoms with Gasteiger partial charge >= 0.3 is 0 Å². The number of nitrogens with one attached hydrogen (secondary N) is 2. The molecule has 0 aliphatic carbocycles. The lowest BCUT2D eigenvalue weighted by atomic mass is 9.95. The Kier molecular flexibility index (Phi) is 5.47. The molecule has 1 atom stereocenters. The smallest absolute Gasteiger partial charge is 0.138 e. The van der Waals surface area contributed by atoms with Crippen molar-refractivity contribution in [3.63, 3.8) is 0 Å². The van der Waals surface area contributed by atoms with Crippen LogP contribution < -0.4 is 10.6 Å². The second-order valence-electron chi connectivity index (χ2n) is 5.87. The zero-order valence-corrected chi connectivity index (χ0v) is 13.9. The first-order valence-corrected chi connectivity index (χ1v) is 8.01. The largest absolute Gasteiger partial charge is 0.373 e. The highest BCUT2D eigenvalue weighted by molar-refractivity contribution is 7.98. The fourth-order valence-corrected chi connectivity index (χ4v) is 2.34. The summed E-state index contributed by atoms with van der Waals surface area (Å²) in [5, 5.41) is 6.64. The minimum atomic E-state index is -0.0571. The van der Waals surface area contributed by atoms with Crippen LogP contribution in [0, 0.1) is 6.92 Å². The molecule has 1 rings (SSSR count). The van der Waals surface area contributed by atoms with E-state index in [9.17, 15) is 0 Å². The van der Waals surface area contributed by atoms with Crippen LogP contribution in [0.3, 0.4) is 0 Å². The molecule has 0 aliphatic rings. The van der Waals surface area contributed by atoms with Crippen LogP contribution in [0.25, 0.3) is 0 Å². The van der Waals surface area contributed by atoms with Crippen LogP contribution in [-0.2, 0) is 5.41 Å². The predicted molar refractivity (Wildman–Crippen MR) is 86.5 cm³/mol. The van der Waals surface area contributed by atoms with Crippen molar-refractivity contribution in [3.05, 3.63) is 11.4 Å². The number of hydrogen-bond acceptors (Lipinski definition) is 5. The van der Waals surface area contributed by atoms with Crippen molar-refractivity contribution in [2.45, 2.75) is 46.1 Å². The summed E-state index contributed by atoms with van der Waals surface area (Å²) in [6, 6.07) is 0.390. The quantitative estimate of drug-likeness (QED) is 0.868. The first kappa shape index (κ1) is 16.1. The summed E-state index contributed by atoms with van der Waals surface area (Å²) >= 11 is 1.83. The van der Waals surface area contributed by atoms with Gasteiger partial charge in [0.2, 0.25) is 0 Å². The minimum absolute atomic E-state index is 0.0571. The molecule has 2 N–H and O–H groups in total. The maximum atomic E-state index is 4.70. The predicted octanol–water partition coefficient (Wildman–Crippen LogP) is 3.29. The molecule has 0 bridgehead atoms. The van der Waals surface area contributed by atoms with Crippen molar-refractivity contribution in [1.82, 2.24) is 9.97 Å². The van der Waals surface area contributed by atoms with E-state index in [0.717, 1.165) is 28.8 Å². The summed E-state index contributed by atoms with van der Waals surface area (Å²) in [7, 11) is 1.90. The summed E-state index contributed by atoms with van der Waals surface area (Å²) in [6.07, 6.45) is 2.12. The zero-order valence-electron chi connectivity index (χ0n) is 13.1. The SMILES string of the molecule is CNc1nc(C(C)(C)C)nc(NC(C)CSC)c1C. The molecule has 1 aromatic rings. The zero-order chi connectivity index (χ0) is 14.6. The van der Waals surface area contributed by atoms with Crippen LogP contribution in [0.4, 0.5) is 11.6 Å². The van der Waals surface area contributed by atoms with Crippen molar-refractivity contribution in [2.24, 2.45) is 0 Å². The summed E-state index contributed by atoms with van der Waals surface area (Å²) in [6.45, 7) is 10.6. The molecule has 0 aliphatic heterocycles. The first-order valence-electron chi connectivity index (χ1n) is 6.62.